The zero-order valence-electron chi connectivity index (χ0n) is 13.2. The lowest BCUT2D eigenvalue weighted by Gasteiger charge is -2.15. The Bertz CT molecular complexity index is 717. The molecule has 1 atom stereocenters. The molecule has 0 aliphatic rings. The molecule has 0 aliphatic carbocycles. The molecule has 24 heavy (non-hydrogen) atoms. The second-order valence-corrected chi connectivity index (χ2v) is 4.94. The van der Waals surface area contributed by atoms with Crippen LogP contribution in [0, 0.1) is 10.1 Å². The minimum Gasteiger partial charge on any atom is -0.493 e. The summed E-state index contributed by atoms with van der Waals surface area (Å²) in [5.74, 6) is 0.548. The van der Waals surface area contributed by atoms with Gasteiger partial charge >= 0.3 is 6.47 Å². The van der Waals surface area contributed by atoms with E-state index in [0.29, 0.717) is 5.75 Å². The number of methoxy groups -OCH3 is 1. The maximum atomic E-state index is 11.3. The van der Waals surface area contributed by atoms with E-state index in [1.54, 1.807) is 0 Å². The second-order valence-electron chi connectivity index (χ2n) is 4.94. The van der Waals surface area contributed by atoms with Crippen molar-refractivity contribution in [2.75, 3.05) is 7.11 Å². The maximum Gasteiger partial charge on any atom is 0.418 e. The zero-order chi connectivity index (χ0) is 17.5. The monoisotopic (exact) mass is 330 g/mol. The first kappa shape index (κ1) is 17.3. The van der Waals surface area contributed by atoms with Gasteiger partial charge in [-0.1, -0.05) is 30.3 Å². The third kappa shape index (κ3) is 4.01. The summed E-state index contributed by atoms with van der Waals surface area (Å²) in [7, 11) is 1.43. The van der Waals surface area contributed by atoms with Crippen molar-refractivity contribution in [2.24, 2.45) is 0 Å². The summed E-state index contributed by atoms with van der Waals surface area (Å²) in [6, 6.07) is 12.1. The van der Waals surface area contributed by atoms with Crippen molar-refractivity contribution in [3.05, 3.63) is 63.7 Å². The Balaban J connectivity index is 2.35. The fourth-order valence-corrected chi connectivity index (χ4v) is 2.19. The van der Waals surface area contributed by atoms with Gasteiger partial charge in [0.25, 0.3) is 5.69 Å². The van der Waals surface area contributed by atoms with Gasteiger partial charge in [-0.05, 0) is 18.6 Å². The summed E-state index contributed by atoms with van der Waals surface area (Å²) in [6.45, 7) is 3.04. The second kappa shape index (κ2) is 7.96. The molecule has 0 saturated heterocycles. The van der Waals surface area contributed by atoms with Gasteiger partial charge in [0.05, 0.1) is 23.7 Å². The molecule has 7 heteroatoms. The number of rotatable bonds is 8. The lowest BCUT2D eigenvalue weighted by atomic mass is 10.1. The van der Waals surface area contributed by atoms with Crippen LogP contribution in [0.25, 0.3) is 0 Å². The van der Waals surface area contributed by atoms with Gasteiger partial charge in [0.1, 0.15) is 12.7 Å². The van der Waals surface area contributed by atoms with Crippen LogP contribution >= 0.6 is 0 Å². The van der Waals surface area contributed by atoms with E-state index in [4.69, 9.17) is 9.47 Å². The van der Waals surface area contributed by atoms with Crippen LogP contribution in [0.2, 0.25) is 0 Å². The maximum absolute atomic E-state index is 11.3. The van der Waals surface area contributed by atoms with Crippen molar-refractivity contribution in [1.29, 1.82) is 0 Å². The van der Waals surface area contributed by atoms with Gasteiger partial charge in [0, 0.05) is 0 Å². The van der Waals surface area contributed by atoms with E-state index in [1.807, 2.05) is 30.3 Å². The molecule has 2 aromatic rings. The van der Waals surface area contributed by atoms with Gasteiger partial charge in [0.2, 0.25) is 0 Å². The first-order chi connectivity index (χ1) is 11.6. The highest BCUT2D eigenvalue weighted by Gasteiger charge is 2.24. The molecule has 0 fully saturated rings. The van der Waals surface area contributed by atoms with Crippen molar-refractivity contribution in [1.82, 2.24) is 0 Å². The number of nitro benzene ring substituents is 1. The van der Waals surface area contributed by atoms with E-state index in [0.717, 1.165) is 5.56 Å². The standard InChI is InChI=1S/C17H16NO6/c1-12(24-11-19)14-8-16(22-2)17(9-15(14)18(20)21)23-10-13-6-4-3-5-7-13/h3-9,12H,10H2,1-2H3. The van der Waals surface area contributed by atoms with E-state index >= 15 is 0 Å². The average Bonchev–Trinajstić information content (AvgIpc) is 2.60. The molecule has 0 bridgehead atoms. The van der Waals surface area contributed by atoms with Gasteiger partial charge in [-0.3, -0.25) is 10.1 Å². The molecule has 0 amide bonds. The molecule has 0 heterocycles. The number of nitro groups is 1. The molecule has 0 spiro atoms. The Hall–Kier alpha value is -3.09. The molecule has 1 radical (unpaired) electrons. The van der Waals surface area contributed by atoms with Crippen molar-refractivity contribution in [3.8, 4) is 11.5 Å². The largest absolute Gasteiger partial charge is 0.493 e. The SMILES string of the molecule is COc1cc(C(C)O[C]=O)c([N+](=O)[O-])cc1OCc1ccccc1. The van der Waals surface area contributed by atoms with E-state index in [2.05, 4.69) is 4.74 Å². The van der Waals surface area contributed by atoms with Gasteiger partial charge in [-0.25, -0.2) is 4.79 Å². The Labute approximate surface area is 138 Å². The number of nitrogens with zero attached hydrogens (tertiary/aromatic N) is 1. The third-order valence-corrected chi connectivity index (χ3v) is 3.41. The van der Waals surface area contributed by atoms with Crippen molar-refractivity contribution in [3.63, 3.8) is 0 Å². The minimum absolute atomic E-state index is 0.201. The van der Waals surface area contributed by atoms with E-state index < -0.39 is 11.0 Å². The number of ether oxygens (including phenoxy) is 3. The van der Waals surface area contributed by atoms with Crippen LogP contribution in [0.15, 0.2) is 42.5 Å². The molecule has 0 saturated carbocycles. The van der Waals surface area contributed by atoms with Crippen LogP contribution in [-0.2, 0) is 16.1 Å². The Morgan fingerprint density at radius 2 is 1.92 bits per heavy atom. The normalized spacial score (nSPS) is 11.4. The molecule has 1 unspecified atom stereocenters. The fraction of sp³-hybridized carbons (Fsp3) is 0.235. The van der Waals surface area contributed by atoms with Crippen molar-refractivity contribution < 1.29 is 23.9 Å². The highest BCUT2D eigenvalue weighted by atomic mass is 16.6. The number of carbonyl (C=O) groups excluding carboxylic acids is 1. The summed E-state index contributed by atoms with van der Waals surface area (Å²) >= 11 is 0. The Morgan fingerprint density at radius 3 is 2.50 bits per heavy atom. The number of hydrogen-bond donors (Lipinski definition) is 0. The Morgan fingerprint density at radius 1 is 1.21 bits per heavy atom. The lowest BCUT2D eigenvalue weighted by molar-refractivity contribution is -0.386. The molecule has 2 rings (SSSR count). The van der Waals surface area contributed by atoms with Gasteiger partial charge in [-0.2, -0.15) is 0 Å². The quantitative estimate of drug-likeness (QED) is 0.545. The summed E-state index contributed by atoms with van der Waals surface area (Å²) in [5, 5.41) is 11.3. The molecular formula is C17H16NO6. The van der Waals surface area contributed by atoms with Crippen molar-refractivity contribution >= 4 is 12.2 Å². The van der Waals surface area contributed by atoms with Crippen LogP contribution in [0.4, 0.5) is 5.69 Å². The van der Waals surface area contributed by atoms with Crippen LogP contribution in [0.1, 0.15) is 24.2 Å². The molecule has 0 aliphatic heterocycles. The highest BCUT2D eigenvalue weighted by Crippen LogP contribution is 2.38. The molecule has 2 aromatic carbocycles. The first-order valence-corrected chi connectivity index (χ1v) is 7.12. The van der Waals surface area contributed by atoms with Crippen LogP contribution in [0.3, 0.4) is 0 Å². The Kier molecular flexibility index (Phi) is 5.73. The lowest BCUT2D eigenvalue weighted by Crippen LogP contribution is -2.05. The fourth-order valence-electron chi connectivity index (χ4n) is 2.19. The number of benzene rings is 2. The molecular weight excluding hydrogens is 314 g/mol. The molecule has 125 valence electrons. The van der Waals surface area contributed by atoms with E-state index in [1.165, 1.54) is 32.6 Å². The van der Waals surface area contributed by atoms with Crippen LogP contribution < -0.4 is 9.47 Å². The molecule has 7 nitrogen and oxygen atoms in total. The van der Waals surface area contributed by atoms with Crippen LogP contribution in [-0.4, -0.2) is 18.5 Å². The molecule has 0 aromatic heterocycles. The average molecular weight is 330 g/mol. The smallest absolute Gasteiger partial charge is 0.418 e. The van der Waals surface area contributed by atoms with Crippen LogP contribution in [0.5, 0.6) is 11.5 Å². The summed E-state index contributed by atoms with van der Waals surface area (Å²) < 4.78 is 15.6. The topological polar surface area (TPSA) is 87.9 Å². The van der Waals surface area contributed by atoms with Gasteiger partial charge in [-0.15, -0.1) is 0 Å². The summed E-state index contributed by atoms with van der Waals surface area (Å²) in [5.41, 5.74) is 0.896. The summed E-state index contributed by atoms with van der Waals surface area (Å²) in [4.78, 5) is 21.1. The summed E-state index contributed by atoms with van der Waals surface area (Å²) in [6.07, 6.45) is -0.833. The predicted octanol–water partition coefficient (Wildman–Crippen LogP) is 3.33. The minimum atomic E-state index is -0.833. The van der Waals surface area contributed by atoms with E-state index in [-0.39, 0.29) is 23.6 Å². The number of hydrogen-bond acceptors (Lipinski definition) is 6. The van der Waals surface area contributed by atoms with E-state index in [9.17, 15) is 14.9 Å². The first-order valence-electron chi connectivity index (χ1n) is 7.12. The van der Waals surface area contributed by atoms with Gasteiger partial charge in [0.15, 0.2) is 11.5 Å². The van der Waals surface area contributed by atoms with Crippen molar-refractivity contribution in [2.45, 2.75) is 19.6 Å². The highest BCUT2D eigenvalue weighted by molar-refractivity contribution is 5.55. The van der Waals surface area contributed by atoms with Gasteiger partial charge < -0.3 is 14.2 Å². The third-order valence-electron chi connectivity index (χ3n) is 3.41. The zero-order valence-corrected chi connectivity index (χ0v) is 13.2. The predicted molar refractivity (Wildman–Crippen MR) is 85.6 cm³/mol. The molecule has 0 N–H and O–H groups in total.